The number of fused-ring (bicyclic) bond motifs is 2. The van der Waals surface area contributed by atoms with Gasteiger partial charge < -0.3 is 14.4 Å². The number of thiophene rings is 1. The Labute approximate surface area is 246 Å². The molecule has 2 aliphatic rings. The van der Waals surface area contributed by atoms with Crippen molar-refractivity contribution in [1.82, 2.24) is 14.9 Å². The first-order valence-corrected chi connectivity index (χ1v) is 14.4. The highest BCUT2D eigenvalue weighted by atomic mass is 32.1. The number of allylic oxidation sites excluding steroid dienone is 3. The molecule has 1 unspecified atom stereocenters. The van der Waals surface area contributed by atoms with Gasteiger partial charge in [-0.3, -0.25) is 9.78 Å². The van der Waals surface area contributed by atoms with Gasteiger partial charge in [-0.2, -0.15) is 5.26 Å². The number of hydrogen-bond acceptors (Lipinski definition) is 7. The van der Waals surface area contributed by atoms with Crippen LogP contribution in [0.2, 0.25) is 0 Å². The van der Waals surface area contributed by atoms with Crippen LogP contribution >= 0.6 is 11.3 Å². The third-order valence-electron chi connectivity index (χ3n) is 7.49. The average Bonchev–Trinajstić information content (AvgIpc) is 3.66. The van der Waals surface area contributed by atoms with Crippen molar-refractivity contribution in [1.29, 1.82) is 5.26 Å². The summed E-state index contributed by atoms with van der Waals surface area (Å²) >= 11 is 1.55. The minimum absolute atomic E-state index is 0.126. The zero-order valence-corrected chi connectivity index (χ0v) is 23.8. The molecule has 4 aromatic rings. The number of ether oxygens (including phenoxy) is 2. The molecule has 6 rings (SSSR count). The van der Waals surface area contributed by atoms with Crippen LogP contribution < -0.4 is 0 Å². The molecule has 0 saturated heterocycles. The van der Waals surface area contributed by atoms with Gasteiger partial charge in [0.05, 0.1) is 35.5 Å². The van der Waals surface area contributed by atoms with Crippen molar-refractivity contribution in [3.63, 3.8) is 0 Å². The molecule has 1 aliphatic carbocycles. The van der Waals surface area contributed by atoms with E-state index in [0.717, 1.165) is 43.7 Å². The van der Waals surface area contributed by atoms with Crippen LogP contribution in [-0.2, 0) is 27.2 Å². The Morgan fingerprint density at radius 3 is 2.95 bits per heavy atom. The smallest absolute Gasteiger partial charge is 0.246 e. The Balaban J connectivity index is 1.56. The summed E-state index contributed by atoms with van der Waals surface area (Å²) in [6.45, 7) is 5.27. The second-order valence-electron chi connectivity index (χ2n) is 10.0. The molecule has 4 heterocycles. The summed E-state index contributed by atoms with van der Waals surface area (Å²) in [4.78, 5) is 24.1. The normalized spacial score (nSPS) is 16.0. The zero-order chi connectivity index (χ0) is 29.2. The van der Waals surface area contributed by atoms with Crippen molar-refractivity contribution in [3.05, 3.63) is 107 Å². The van der Waals surface area contributed by atoms with Crippen LogP contribution in [0.1, 0.15) is 28.3 Å². The fourth-order valence-electron chi connectivity index (χ4n) is 5.50. The number of rotatable bonds is 8. The van der Waals surface area contributed by atoms with Gasteiger partial charge in [-0.1, -0.05) is 18.7 Å². The molecule has 0 bridgehead atoms. The lowest BCUT2D eigenvalue weighted by Gasteiger charge is -2.28. The van der Waals surface area contributed by atoms with Gasteiger partial charge in [0.25, 0.3) is 0 Å². The second kappa shape index (κ2) is 11.7. The number of benzene rings is 1. The first-order chi connectivity index (χ1) is 20.5. The van der Waals surface area contributed by atoms with Crippen LogP contribution in [0.25, 0.3) is 32.6 Å². The lowest BCUT2D eigenvalue weighted by atomic mass is 9.91. The molecular formula is C33H27FN4O3S. The minimum Gasteiger partial charge on any atom is -0.494 e. The van der Waals surface area contributed by atoms with E-state index in [2.05, 4.69) is 12.6 Å². The zero-order valence-electron chi connectivity index (χ0n) is 23.0. The maximum atomic E-state index is 14.9. The van der Waals surface area contributed by atoms with E-state index >= 15 is 0 Å². The van der Waals surface area contributed by atoms with Crippen LogP contribution in [0.3, 0.4) is 0 Å². The van der Waals surface area contributed by atoms with Crippen LogP contribution in [-0.4, -0.2) is 47.6 Å². The number of halogens is 1. The van der Waals surface area contributed by atoms with Crippen molar-refractivity contribution in [2.24, 2.45) is 0 Å². The highest BCUT2D eigenvalue weighted by molar-refractivity contribution is 7.17. The number of amides is 1. The number of carbonyl (C=O) groups excluding carboxylic acids is 1. The molecule has 9 heteroatoms. The summed E-state index contributed by atoms with van der Waals surface area (Å²) in [5, 5.41) is 12.4. The molecule has 1 amide bonds. The number of methoxy groups -OCH3 is 1. The molecule has 1 aliphatic heterocycles. The Morgan fingerprint density at radius 1 is 1.26 bits per heavy atom. The first kappa shape index (κ1) is 27.5. The van der Waals surface area contributed by atoms with Crippen molar-refractivity contribution in [3.8, 4) is 28.6 Å². The topological polar surface area (TPSA) is 88.3 Å². The number of nitrogens with zero attached hydrogens (tertiary/aromatic N) is 4. The summed E-state index contributed by atoms with van der Waals surface area (Å²) in [5.74, 6) is -0.537. The third-order valence-corrected chi connectivity index (χ3v) is 8.44. The van der Waals surface area contributed by atoms with Crippen molar-refractivity contribution in [2.75, 3.05) is 26.9 Å². The highest BCUT2D eigenvalue weighted by Gasteiger charge is 2.31. The quantitative estimate of drug-likeness (QED) is 0.176. The van der Waals surface area contributed by atoms with Gasteiger partial charge in [-0.25, -0.2) is 9.37 Å². The molecule has 42 heavy (non-hydrogen) atoms. The summed E-state index contributed by atoms with van der Waals surface area (Å²) < 4.78 is 26.9. The molecule has 7 nitrogen and oxygen atoms in total. The Bertz CT molecular complexity index is 1820. The molecule has 1 atom stereocenters. The maximum absolute atomic E-state index is 14.9. The van der Waals surface area contributed by atoms with Crippen LogP contribution in [0, 0.1) is 11.3 Å². The van der Waals surface area contributed by atoms with E-state index in [4.69, 9.17) is 19.4 Å². The minimum atomic E-state index is -0.514. The molecule has 210 valence electrons. The van der Waals surface area contributed by atoms with E-state index in [1.165, 1.54) is 12.2 Å². The van der Waals surface area contributed by atoms with Crippen molar-refractivity contribution in [2.45, 2.75) is 18.9 Å². The highest BCUT2D eigenvalue weighted by Crippen LogP contribution is 2.46. The fraction of sp³-hybridized carbons (Fsp3) is 0.212. The monoisotopic (exact) mass is 578 g/mol. The maximum Gasteiger partial charge on any atom is 0.246 e. The predicted octanol–water partition coefficient (Wildman–Crippen LogP) is 6.47. The Hall–Kier alpha value is -4.65. The number of hydrogen-bond donors (Lipinski definition) is 0. The van der Waals surface area contributed by atoms with Gasteiger partial charge in [0.2, 0.25) is 5.91 Å². The summed E-state index contributed by atoms with van der Waals surface area (Å²) in [7, 11) is 1.59. The summed E-state index contributed by atoms with van der Waals surface area (Å²) in [5.41, 5.74) is 6.12. The number of pyridine rings is 2. The lowest BCUT2D eigenvalue weighted by molar-refractivity contribution is -0.126. The molecule has 3 aromatic heterocycles. The number of carbonyl (C=O) groups is 1. The molecule has 0 N–H and O–H groups in total. The van der Waals surface area contributed by atoms with E-state index in [-0.39, 0.29) is 18.3 Å². The average molecular weight is 579 g/mol. The van der Waals surface area contributed by atoms with Gasteiger partial charge in [-0.05, 0) is 47.4 Å². The molecule has 0 spiro atoms. The number of nitriles is 1. The molecule has 0 fully saturated rings. The van der Waals surface area contributed by atoms with Gasteiger partial charge in [-0.15, -0.1) is 11.3 Å². The van der Waals surface area contributed by atoms with Gasteiger partial charge >= 0.3 is 0 Å². The SMILES string of the molecule is C=CC(=O)N1CCc2ncc(-c3nc(-c4cccc(C#N)c4)c4ccsc4c3C3C=C(F)C=C3OCCOC)cc2C1. The molecule has 0 saturated carbocycles. The van der Waals surface area contributed by atoms with E-state index in [9.17, 15) is 14.4 Å². The van der Waals surface area contributed by atoms with Crippen LogP contribution in [0.5, 0.6) is 0 Å². The molecular weight excluding hydrogens is 551 g/mol. The predicted molar refractivity (Wildman–Crippen MR) is 160 cm³/mol. The molecule has 0 radical (unpaired) electrons. The van der Waals surface area contributed by atoms with Crippen LogP contribution in [0.4, 0.5) is 4.39 Å². The lowest BCUT2D eigenvalue weighted by Crippen LogP contribution is -2.35. The third kappa shape index (κ3) is 5.11. The molecule has 1 aromatic carbocycles. The van der Waals surface area contributed by atoms with E-state index in [1.54, 1.807) is 41.7 Å². The summed E-state index contributed by atoms with van der Waals surface area (Å²) in [6, 6.07) is 13.6. The standard InChI is InChI=1S/C33H27FN4O3S/c1-3-29(39)38-9-7-27-23(19-38)14-22(18-36-27)32-30(26-15-24(34)16-28(26)41-11-10-40-2)33-25(8-12-42-33)31(37-32)21-6-4-5-20(13-21)17-35/h3-6,8,12-16,18,26H,1,7,9-11,19H2,2H3. The fourth-order valence-corrected chi connectivity index (χ4v) is 6.48. The first-order valence-electron chi connectivity index (χ1n) is 13.5. The van der Waals surface area contributed by atoms with Gasteiger partial charge in [0, 0.05) is 71.4 Å². The van der Waals surface area contributed by atoms with Gasteiger partial charge in [0.1, 0.15) is 18.2 Å². The Morgan fingerprint density at radius 2 is 2.14 bits per heavy atom. The van der Waals surface area contributed by atoms with E-state index < -0.39 is 5.92 Å². The van der Waals surface area contributed by atoms with E-state index in [0.29, 0.717) is 43.1 Å². The number of aromatic nitrogens is 2. The van der Waals surface area contributed by atoms with Gasteiger partial charge in [0.15, 0.2) is 0 Å². The van der Waals surface area contributed by atoms with Crippen molar-refractivity contribution < 1.29 is 18.7 Å². The van der Waals surface area contributed by atoms with Crippen LogP contribution in [0.15, 0.2) is 84.4 Å². The second-order valence-corrected chi connectivity index (χ2v) is 11.0. The summed E-state index contributed by atoms with van der Waals surface area (Å²) in [6.07, 6.45) is 6.73. The van der Waals surface area contributed by atoms with E-state index in [1.807, 2.05) is 35.7 Å². The Kier molecular flexibility index (Phi) is 7.66. The largest absolute Gasteiger partial charge is 0.494 e. The van der Waals surface area contributed by atoms with Crippen molar-refractivity contribution >= 4 is 27.3 Å².